The molecule has 1 unspecified atom stereocenters. The van der Waals surface area contributed by atoms with Crippen molar-refractivity contribution in [2.45, 2.75) is 33.1 Å². The Labute approximate surface area is 135 Å². The van der Waals surface area contributed by atoms with Crippen molar-refractivity contribution < 1.29 is 19.5 Å². The summed E-state index contributed by atoms with van der Waals surface area (Å²) >= 11 is 0. The summed E-state index contributed by atoms with van der Waals surface area (Å²) in [4.78, 5) is 10.8. The van der Waals surface area contributed by atoms with Crippen LogP contribution in [0.4, 0.5) is 0 Å². The van der Waals surface area contributed by atoms with Gasteiger partial charge in [0.1, 0.15) is 6.54 Å². The Balaban J connectivity index is 0.000000534. The summed E-state index contributed by atoms with van der Waals surface area (Å²) in [5.41, 5.74) is 2.14. The molecule has 0 heterocycles. The average molecular weight is 310 g/mol. The minimum Gasteiger partial charge on any atom is -0.481 e. The molecule has 1 aromatic carbocycles. The van der Waals surface area contributed by atoms with E-state index >= 15 is 0 Å². The van der Waals surface area contributed by atoms with Crippen molar-refractivity contribution in [2.75, 3.05) is 34.3 Å². The zero-order valence-electron chi connectivity index (χ0n) is 14.8. The molecule has 0 bridgehead atoms. The molecule has 4 heteroatoms. The number of carboxylic acids is 1. The highest BCUT2D eigenvalue weighted by Crippen LogP contribution is 2.17. The van der Waals surface area contributed by atoms with Crippen molar-refractivity contribution in [3.8, 4) is 0 Å². The van der Waals surface area contributed by atoms with E-state index in [1.54, 1.807) is 6.92 Å². The highest BCUT2D eigenvalue weighted by molar-refractivity contribution is 5.75. The Hall–Kier alpha value is -1.39. The van der Waals surface area contributed by atoms with E-state index in [9.17, 15) is 4.79 Å². The zero-order chi connectivity index (χ0) is 17.3. The first-order valence-electron chi connectivity index (χ1n) is 7.79. The van der Waals surface area contributed by atoms with Gasteiger partial charge >= 0.3 is 5.97 Å². The molecule has 1 rings (SSSR count). The molecule has 0 fully saturated rings. The second-order valence-corrected chi connectivity index (χ2v) is 7.14. The Morgan fingerprint density at radius 1 is 1.09 bits per heavy atom. The third-order valence-corrected chi connectivity index (χ3v) is 3.26. The number of benzene rings is 1. The van der Waals surface area contributed by atoms with Crippen molar-refractivity contribution in [3.63, 3.8) is 0 Å². The Kier molecular flexibility index (Phi) is 8.99. The maximum atomic E-state index is 10.8. The Morgan fingerprint density at radius 3 is 1.86 bits per heavy atom. The summed E-state index contributed by atoms with van der Waals surface area (Å²) in [6, 6.07) is 7.87. The van der Waals surface area contributed by atoms with Gasteiger partial charge in [-0.25, -0.2) is 0 Å². The first kappa shape index (κ1) is 20.6. The topological polar surface area (TPSA) is 57.5 Å². The van der Waals surface area contributed by atoms with E-state index < -0.39 is 11.9 Å². The maximum absolute atomic E-state index is 10.8. The minimum atomic E-state index is -0.772. The first-order valence-corrected chi connectivity index (χ1v) is 7.79. The van der Waals surface area contributed by atoms with Crippen molar-refractivity contribution >= 4 is 5.97 Å². The van der Waals surface area contributed by atoms with Gasteiger partial charge in [-0.1, -0.05) is 38.1 Å². The van der Waals surface area contributed by atoms with Gasteiger partial charge in [0.05, 0.1) is 33.7 Å². The van der Waals surface area contributed by atoms with Crippen LogP contribution in [0.2, 0.25) is 0 Å². The van der Waals surface area contributed by atoms with Crippen LogP contribution < -0.4 is 0 Å². The van der Waals surface area contributed by atoms with Crippen molar-refractivity contribution in [1.29, 1.82) is 0 Å². The highest BCUT2D eigenvalue weighted by atomic mass is 16.4. The normalized spacial score (nSPS) is 12.5. The number of rotatable bonds is 6. The van der Waals surface area contributed by atoms with Crippen LogP contribution in [0, 0.1) is 5.92 Å². The third kappa shape index (κ3) is 9.53. The van der Waals surface area contributed by atoms with Crippen LogP contribution in [0.15, 0.2) is 24.3 Å². The molecule has 0 amide bonds. The van der Waals surface area contributed by atoms with Crippen LogP contribution in [-0.4, -0.2) is 55.0 Å². The highest BCUT2D eigenvalue weighted by Gasteiger charge is 2.12. The second-order valence-electron chi connectivity index (χ2n) is 7.14. The molecule has 0 aliphatic heterocycles. The van der Waals surface area contributed by atoms with Gasteiger partial charge in [0.2, 0.25) is 0 Å². The van der Waals surface area contributed by atoms with E-state index in [1.165, 1.54) is 5.56 Å². The van der Waals surface area contributed by atoms with Crippen LogP contribution in [0.1, 0.15) is 37.8 Å². The van der Waals surface area contributed by atoms with Crippen molar-refractivity contribution in [3.05, 3.63) is 35.4 Å². The van der Waals surface area contributed by atoms with E-state index in [4.69, 9.17) is 10.2 Å². The van der Waals surface area contributed by atoms with Crippen LogP contribution in [0.25, 0.3) is 0 Å². The summed E-state index contributed by atoms with van der Waals surface area (Å²) in [6.45, 7) is 7.17. The lowest BCUT2D eigenvalue weighted by Gasteiger charge is -2.21. The number of aliphatic carboxylic acids is 1. The van der Waals surface area contributed by atoms with Crippen molar-refractivity contribution in [2.24, 2.45) is 5.92 Å². The van der Waals surface area contributed by atoms with Crippen LogP contribution in [-0.2, 0) is 11.2 Å². The molecule has 22 heavy (non-hydrogen) atoms. The molecule has 0 saturated heterocycles. The van der Waals surface area contributed by atoms with E-state index in [0.717, 1.165) is 23.0 Å². The van der Waals surface area contributed by atoms with Gasteiger partial charge in [0.15, 0.2) is 0 Å². The van der Waals surface area contributed by atoms with Crippen molar-refractivity contribution in [1.82, 2.24) is 0 Å². The van der Waals surface area contributed by atoms with E-state index in [-0.39, 0.29) is 6.61 Å². The minimum absolute atomic E-state index is 0.281. The predicted octanol–water partition coefficient (Wildman–Crippen LogP) is 2.76. The Morgan fingerprint density at radius 2 is 1.59 bits per heavy atom. The number of hydrogen-bond acceptors (Lipinski definition) is 2. The fourth-order valence-electron chi connectivity index (χ4n) is 1.86. The molecule has 1 atom stereocenters. The smallest absolute Gasteiger partial charge is 0.310 e. The lowest BCUT2D eigenvalue weighted by molar-refractivity contribution is -0.870. The maximum Gasteiger partial charge on any atom is 0.310 e. The van der Waals surface area contributed by atoms with Gasteiger partial charge in [-0.2, -0.15) is 0 Å². The summed E-state index contributed by atoms with van der Waals surface area (Å²) < 4.78 is 0.844. The van der Waals surface area contributed by atoms with Gasteiger partial charge in [-0.05, 0) is 30.4 Å². The van der Waals surface area contributed by atoms with Crippen LogP contribution in [0.5, 0.6) is 0 Å². The quantitative estimate of drug-likeness (QED) is 0.794. The fourth-order valence-corrected chi connectivity index (χ4v) is 1.86. The SMILES string of the molecule is CC(C)Cc1ccc(C(C)C(=O)O)cc1.C[N+](C)(C)CCO. The molecular formula is C18H32NO3+. The van der Waals surface area contributed by atoms with Crippen LogP contribution >= 0.6 is 0 Å². The molecule has 126 valence electrons. The monoisotopic (exact) mass is 310 g/mol. The second kappa shape index (κ2) is 9.59. The summed E-state index contributed by atoms with van der Waals surface area (Å²) in [5, 5.41) is 17.2. The number of hydrogen-bond donors (Lipinski definition) is 2. The van der Waals surface area contributed by atoms with Gasteiger partial charge in [0, 0.05) is 0 Å². The lowest BCUT2D eigenvalue weighted by Crippen LogP contribution is -2.36. The van der Waals surface area contributed by atoms with E-state index in [1.807, 2.05) is 24.3 Å². The summed E-state index contributed by atoms with van der Waals surface area (Å²) in [5.74, 6) is -0.558. The lowest BCUT2D eigenvalue weighted by atomic mass is 9.97. The molecule has 0 aromatic heterocycles. The van der Waals surface area contributed by atoms with Gasteiger partial charge < -0.3 is 14.7 Å². The number of carbonyl (C=O) groups is 1. The number of aliphatic hydroxyl groups is 1. The molecule has 4 nitrogen and oxygen atoms in total. The number of aliphatic hydroxyl groups excluding tert-OH is 1. The molecule has 2 N–H and O–H groups in total. The molecule has 0 saturated carbocycles. The van der Waals surface area contributed by atoms with Crippen LogP contribution in [0.3, 0.4) is 0 Å². The average Bonchev–Trinajstić information content (AvgIpc) is 2.37. The van der Waals surface area contributed by atoms with Gasteiger partial charge in [0.25, 0.3) is 0 Å². The predicted molar refractivity (Wildman–Crippen MR) is 91.0 cm³/mol. The molecule has 0 aliphatic rings. The molecule has 1 aromatic rings. The Bertz CT molecular complexity index is 433. The number of quaternary nitrogens is 1. The van der Waals surface area contributed by atoms with E-state index in [0.29, 0.717) is 5.92 Å². The molecular weight excluding hydrogens is 278 g/mol. The fraction of sp³-hybridized carbons (Fsp3) is 0.611. The number of nitrogens with zero attached hydrogens (tertiary/aromatic N) is 1. The van der Waals surface area contributed by atoms with Gasteiger partial charge in [-0.15, -0.1) is 0 Å². The largest absolute Gasteiger partial charge is 0.481 e. The molecule has 0 aliphatic carbocycles. The third-order valence-electron chi connectivity index (χ3n) is 3.26. The summed E-state index contributed by atoms with van der Waals surface area (Å²) in [6.07, 6.45) is 1.04. The summed E-state index contributed by atoms with van der Waals surface area (Å²) in [7, 11) is 6.16. The first-order chi connectivity index (χ1) is 10.1. The number of likely N-dealkylation sites (N-methyl/N-ethyl adjacent to an activating group) is 1. The zero-order valence-corrected chi connectivity index (χ0v) is 14.8. The van der Waals surface area contributed by atoms with E-state index in [2.05, 4.69) is 35.0 Å². The molecule has 0 spiro atoms. The van der Waals surface area contributed by atoms with Gasteiger partial charge in [-0.3, -0.25) is 4.79 Å². The number of carboxylic acid groups (broad SMARTS) is 1. The molecule has 0 radical (unpaired) electrons. The standard InChI is InChI=1S/C13H18O2.C5H14NO/c1-9(2)8-11-4-6-12(7-5-11)10(3)13(14)15;1-6(2,3)4-5-7/h4-7,9-10H,8H2,1-3H3,(H,14,15);7H,4-5H2,1-3H3/q;+1.